The first-order chi connectivity index (χ1) is 10.4. The third-order valence-corrected chi connectivity index (χ3v) is 4.97. The molecule has 0 spiro atoms. The lowest BCUT2D eigenvalue weighted by Gasteiger charge is -2.19. The summed E-state index contributed by atoms with van der Waals surface area (Å²) in [5.41, 5.74) is 1.08. The number of ketones is 1. The van der Waals surface area contributed by atoms with Crippen LogP contribution >= 0.6 is 0 Å². The lowest BCUT2D eigenvalue weighted by molar-refractivity contribution is 0.103. The van der Waals surface area contributed by atoms with Crippen LogP contribution in [0.2, 0.25) is 0 Å². The molecule has 0 amide bonds. The van der Waals surface area contributed by atoms with Crippen LogP contribution in [-0.4, -0.2) is 32.7 Å². The van der Waals surface area contributed by atoms with Gasteiger partial charge in [-0.3, -0.25) is 9.10 Å². The molecule has 22 heavy (non-hydrogen) atoms. The van der Waals surface area contributed by atoms with Gasteiger partial charge in [-0.15, -0.1) is 0 Å². The van der Waals surface area contributed by atoms with Gasteiger partial charge in [0.2, 0.25) is 10.0 Å². The predicted molar refractivity (Wildman–Crippen MR) is 81.6 cm³/mol. The van der Waals surface area contributed by atoms with Gasteiger partial charge in [0, 0.05) is 18.5 Å². The van der Waals surface area contributed by atoms with Gasteiger partial charge < -0.3 is 4.52 Å². The summed E-state index contributed by atoms with van der Waals surface area (Å²) in [6, 6.07) is 6.63. The summed E-state index contributed by atoms with van der Waals surface area (Å²) in [7, 11) is -2.03. The summed E-state index contributed by atoms with van der Waals surface area (Å²) in [6.07, 6.45) is 4.48. The Kier molecular flexibility index (Phi) is 3.52. The number of para-hydroxylation sites is 1. The van der Waals surface area contributed by atoms with E-state index in [0.717, 1.165) is 23.4 Å². The zero-order valence-corrected chi connectivity index (χ0v) is 13.1. The molecule has 0 atom stereocenters. The Morgan fingerprint density at radius 1 is 1.27 bits per heavy atom. The highest BCUT2D eigenvalue weighted by Crippen LogP contribution is 2.42. The van der Waals surface area contributed by atoms with Crippen LogP contribution in [0.25, 0.3) is 0 Å². The van der Waals surface area contributed by atoms with E-state index in [1.54, 1.807) is 24.3 Å². The van der Waals surface area contributed by atoms with Crippen molar-refractivity contribution < 1.29 is 17.7 Å². The number of carbonyl (C=O) groups excluding carboxylic acids is 1. The van der Waals surface area contributed by atoms with Crippen LogP contribution in [0.15, 0.2) is 35.0 Å². The number of hydrogen-bond acceptors (Lipinski definition) is 5. The van der Waals surface area contributed by atoms with E-state index in [1.165, 1.54) is 13.2 Å². The largest absolute Gasteiger partial charge is 0.360 e. The molecule has 0 N–H and O–H groups in total. The Morgan fingerprint density at radius 3 is 2.59 bits per heavy atom. The lowest BCUT2D eigenvalue weighted by Crippen LogP contribution is -2.26. The Hall–Kier alpha value is -2.15. The average Bonchev–Trinajstić information content (AvgIpc) is 3.22. The topological polar surface area (TPSA) is 80.5 Å². The van der Waals surface area contributed by atoms with Crippen LogP contribution in [-0.2, 0) is 10.0 Å². The summed E-state index contributed by atoms with van der Waals surface area (Å²) < 4.78 is 29.8. The van der Waals surface area contributed by atoms with Crippen molar-refractivity contribution >= 4 is 21.5 Å². The average molecular weight is 320 g/mol. The van der Waals surface area contributed by atoms with Crippen molar-refractivity contribution in [1.29, 1.82) is 0 Å². The maximum absolute atomic E-state index is 12.8. The maximum Gasteiger partial charge on any atom is 0.232 e. The summed E-state index contributed by atoms with van der Waals surface area (Å²) in [5, 5.41) is 3.73. The molecular formula is C15H16N2O4S. The van der Waals surface area contributed by atoms with Crippen LogP contribution in [0.3, 0.4) is 0 Å². The van der Waals surface area contributed by atoms with Crippen molar-refractivity contribution in [3.63, 3.8) is 0 Å². The van der Waals surface area contributed by atoms with E-state index in [9.17, 15) is 13.2 Å². The Balaban J connectivity index is 2.05. The zero-order chi connectivity index (χ0) is 15.9. The molecule has 3 rings (SSSR count). The SMILES string of the molecule is CN(c1ccccc1C(=O)c1cnoc1C1CC1)S(C)(=O)=O. The minimum atomic E-state index is -3.45. The van der Waals surface area contributed by atoms with Gasteiger partial charge in [0.05, 0.1) is 23.7 Å². The van der Waals surface area contributed by atoms with E-state index in [2.05, 4.69) is 5.16 Å². The second kappa shape index (κ2) is 5.24. The van der Waals surface area contributed by atoms with Gasteiger partial charge >= 0.3 is 0 Å². The molecule has 7 heteroatoms. The van der Waals surface area contributed by atoms with Crippen molar-refractivity contribution in [1.82, 2.24) is 5.16 Å². The fourth-order valence-corrected chi connectivity index (χ4v) is 2.84. The third-order valence-electron chi connectivity index (χ3n) is 3.78. The van der Waals surface area contributed by atoms with Gasteiger partial charge in [-0.05, 0) is 25.0 Å². The van der Waals surface area contributed by atoms with Gasteiger partial charge in [0.15, 0.2) is 11.5 Å². The molecule has 0 saturated heterocycles. The van der Waals surface area contributed by atoms with E-state index < -0.39 is 10.0 Å². The van der Waals surface area contributed by atoms with Crippen molar-refractivity contribution in [2.24, 2.45) is 0 Å². The minimum absolute atomic E-state index is 0.251. The monoisotopic (exact) mass is 320 g/mol. The minimum Gasteiger partial charge on any atom is -0.360 e. The third kappa shape index (κ3) is 2.64. The van der Waals surface area contributed by atoms with Crippen molar-refractivity contribution in [3.05, 3.63) is 47.3 Å². The number of sulfonamides is 1. The number of rotatable bonds is 5. The number of nitrogens with zero attached hydrogens (tertiary/aromatic N) is 2. The molecule has 1 heterocycles. The van der Waals surface area contributed by atoms with Crippen LogP contribution in [0.1, 0.15) is 40.4 Å². The molecule has 2 aromatic rings. The Bertz CT molecular complexity index is 822. The summed E-state index contributed by atoms with van der Waals surface area (Å²) in [5.74, 6) is 0.581. The standard InChI is InChI=1S/C15H16N2O4S/c1-17(22(2,19)20)13-6-4-3-5-11(13)14(18)12-9-16-21-15(12)10-7-8-10/h3-6,9-10H,7-8H2,1-2H3. The molecule has 1 aromatic heterocycles. The van der Waals surface area contributed by atoms with Gasteiger partial charge in [-0.1, -0.05) is 17.3 Å². The molecule has 116 valence electrons. The normalized spacial score (nSPS) is 14.8. The number of anilines is 1. The van der Waals surface area contributed by atoms with Crippen LogP contribution in [0.5, 0.6) is 0 Å². The lowest BCUT2D eigenvalue weighted by atomic mass is 10.0. The summed E-state index contributed by atoms with van der Waals surface area (Å²) in [4.78, 5) is 12.8. The van der Waals surface area contributed by atoms with Crippen molar-refractivity contribution in [3.8, 4) is 0 Å². The van der Waals surface area contributed by atoms with Gasteiger partial charge in [0.1, 0.15) is 0 Å². The molecule has 6 nitrogen and oxygen atoms in total. The number of hydrogen-bond donors (Lipinski definition) is 0. The molecule has 0 bridgehead atoms. The smallest absolute Gasteiger partial charge is 0.232 e. The van der Waals surface area contributed by atoms with Crippen LogP contribution in [0.4, 0.5) is 5.69 Å². The van der Waals surface area contributed by atoms with Gasteiger partial charge in [0.25, 0.3) is 0 Å². The number of benzene rings is 1. The second-order valence-corrected chi connectivity index (χ2v) is 7.47. The zero-order valence-electron chi connectivity index (χ0n) is 12.3. The fourth-order valence-electron chi connectivity index (χ4n) is 2.32. The van der Waals surface area contributed by atoms with E-state index in [-0.39, 0.29) is 11.7 Å². The van der Waals surface area contributed by atoms with Gasteiger partial charge in [-0.25, -0.2) is 8.42 Å². The number of aromatic nitrogens is 1. The highest BCUT2D eigenvalue weighted by Gasteiger charge is 2.33. The van der Waals surface area contributed by atoms with Crippen LogP contribution < -0.4 is 4.31 Å². The fraction of sp³-hybridized carbons (Fsp3) is 0.333. The van der Waals surface area contributed by atoms with E-state index in [1.807, 2.05) is 0 Å². The predicted octanol–water partition coefficient (Wildman–Crippen LogP) is 2.18. The highest BCUT2D eigenvalue weighted by atomic mass is 32.2. The first-order valence-corrected chi connectivity index (χ1v) is 8.76. The molecule has 0 aliphatic heterocycles. The molecular weight excluding hydrogens is 304 g/mol. The van der Waals surface area contributed by atoms with Gasteiger partial charge in [-0.2, -0.15) is 0 Å². The molecule has 1 aliphatic rings. The van der Waals surface area contributed by atoms with Crippen molar-refractivity contribution in [2.45, 2.75) is 18.8 Å². The molecule has 1 aliphatic carbocycles. The quantitative estimate of drug-likeness (QED) is 0.789. The second-order valence-electron chi connectivity index (χ2n) is 5.45. The van der Waals surface area contributed by atoms with Crippen LogP contribution in [0, 0.1) is 0 Å². The summed E-state index contributed by atoms with van der Waals surface area (Å²) >= 11 is 0. The maximum atomic E-state index is 12.8. The van der Waals surface area contributed by atoms with E-state index in [4.69, 9.17) is 4.52 Å². The molecule has 0 radical (unpaired) electrons. The number of carbonyl (C=O) groups is 1. The van der Waals surface area contributed by atoms with Crippen molar-refractivity contribution in [2.75, 3.05) is 17.6 Å². The molecule has 1 aromatic carbocycles. The Morgan fingerprint density at radius 2 is 1.95 bits per heavy atom. The Labute approximate surface area is 128 Å². The molecule has 1 saturated carbocycles. The first kappa shape index (κ1) is 14.8. The molecule has 0 unspecified atom stereocenters. The highest BCUT2D eigenvalue weighted by molar-refractivity contribution is 7.92. The molecule has 1 fully saturated rings. The van der Waals surface area contributed by atoms with E-state index >= 15 is 0 Å². The van der Waals surface area contributed by atoms with E-state index in [0.29, 0.717) is 22.6 Å². The summed E-state index contributed by atoms with van der Waals surface area (Å²) in [6.45, 7) is 0. The first-order valence-electron chi connectivity index (χ1n) is 6.92.